The van der Waals surface area contributed by atoms with Gasteiger partial charge >= 0.3 is 6.09 Å². The molecule has 0 unspecified atom stereocenters. The van der Waals surface area contributed by atoms with Crippen molar-refractivity contribution in [3.8, 4) is 0 Å². The van der Waals surface area contributed by atoms with Gasteiger partial charge in [0.1, 0.15) is 17.2 Å². The van der Waals surface area contributed by atoms with Gasteiger partial charge in [0.2, 0.25) is 0 Å². The molecule has 0 atom stereocenters. The highest BCUT2D eigenvalue weighted by Gasteiger charge is 2.26. The van der Waals surface area contributed by atoms with Crippen LogP contribution in [0.2, 0.25) is 0 Å². The number of hydrogen-bond donors (Lipinski definition) is 0. The molecule has 1 saturated heterocycles. The molecule has 2 heterocycles. The molecule has 2 aromatic rings. The Morgan fingerprint density at radius 3 is 2.86 bits per heavy atom. The van der Waals surface area contributed by atoms with E-state index in [0.717, 1.165) is 24.0 Å². The summed E-state index contributed by atoms with van der Waals surface area (Å²) in [5.74, 6) is 0.886. The first kappa shape index (κ1) is 13.9. The number of hydrogen-bond acceptors (Lipinski definition) is 3. The molecule has 1 amide bonds. The van der Waals surface area contributed by atoms with E-state index in [2.05, 4.69) is 0 Å². The zero-order chi connectivity index (χ0) is 14.8. The van der Waals surface area contributed by atoms with E-state index in [4.69, 9.17) is 9.15 Å². The number of nitrogens with zero attached hydrogens (tertiary/aromatic N) is 1. The summed E-state index contributed by atoms with van der Waals surface area (Å²) in [6.45, 7) is 3.52. The van der Waals surface area contributed by atoms with Crippen LogP contribution in [0.1, 0.15) is 31.4 Å². The minimum atomic E-state index is -0.257. The zero-order valence-corrected chi connectivity index (χ0v) is 12.0. The van der Waals surface area contributed by atoms with E-state index in [0.29, 0.717) is 25.3 Å². The molecule has 4 nitrogen and oxygen atoms in total. The predicted molar refractivity (Wildman–Crippen MR) is 76.7 cm³/mol. The number of amides is 1. The molecule has 0 aliphatic carbocycles. The Morgan fingerprint density at radius 2 is 2.14 bits per heavy atom. The second-order valence-electron chi connectivity index (χ2n) is 5.29. The molecule has 0 saturated carbocycles. The summed E-state index contributed by atoms with van der Waals surface area (Å²) in [7, 11) is 0. The number of benzene rings is 1. The maximum atomic E-state index is 13.2. The number of rotatable bonds is 2. The Hall–Kier alpha value is -2.04. The van der Waals surface area contributed by atoms with Crippen LogP contribution < -0.4 is 0 Å². The summed E-state index contributed by atoms with van der Waals surface area (Å²) < 4.78 is 24.0. The Kier molecular flexibility index (Phi) is 3.82. The van der Waals surface area contributed by atoms with Gasteiger partial charge < -0.3 is 14.1 Å². The van der Waals surface area contributed by atoms with Crippen LogP contribution in [0.5, 0.6) is 0 Å². The van der Waals surface area contributed by atoms with Crippen LogP contribution in [-0.4, -0.2) is 30.7 Å². The SMILES string of the molecule is CCOC(=O)N1CCC(c2cc3cc(F)ccc3o2)CC1. The van der Waals surface area contributed by atoms with E-state index in [1.54, 1.807) is 17.9 Å². The number of furan rings is 1. The summed E-state index contributed by atoms with van der Waals surface area (Å²) in [6.07, 6.45) is 1.42. The topological polar surface area (TPSA) is 42.7 Å². The molecule has 1 aromatic carbocycles. The van der Waals surface area contributed by atoms with Crippen molar-refractivity contribution in [2.45, 2.75) is 25.7 Å². The minimum absolute atomic E-state index is 0.248. The molecule has 3 rings (SSSR count). The van der Waals surface area contributed by atoms with Crippen LogP contribution in [0.4, 0.5) is 9.18 Å². The first-order valence-corrected chi connectivity index (χ1v) is 7.28. The van der Waals surface area contributed by atoms with Gasteiger partial charge in [0, 0.05) is 24.4 Å². The molecule has 21 heavy (non-hydrogen) atoms. The fraction of sp³-hybridized carbons (Fsp3) is 0.438. The van der Waals surface area contributed by atoms with Crippen molar-refractivity contribution >= 4 is 17.1 Å². The van der Waals surface area contributed by atoms with Crippen LogP contribution in [0, 0.1) is 5.82 Å². The third-order valence-electron chi connectivity index (χ3n) is 3.92. The fourth-order valence-electron chi connectivity index (χ4n) is 2.80. The molecule has 1 aromatic heterocycles. The van der Waals surface area contributed by atoms with Crippen molar-refractivity contribution in [2.75, 3.05) is 19.7 Å². The number of fused-ring (bicyclic) bond motifs is 1. The lowest BCUT2D eigenvalue weighted by atomic mass is 9.94. The van der Waals surface area contributed by atoms with Crippen molar-refractivity contribution in [3.05, 3.63) is 35.8 Å². The Bertz CT molecular complexity index is 644. The van der Waals surface area contributed by atoms with E-state index in [1.807, 2.05) is 6.07 Å². The van der Waals surface area contributed by atoms with Crippen LogP contribution in [0.3, 0.4) is 0 Å². The second-order valence-corrected chi connectivity index (χ2v) is 5.29. The largest absolute Gasteiger partial charge is 0.461 e. The summed E-state index contributed by atoms with van der Waals surface area (Å²) in [4.78, 5) is 13.4. The highest BCUT2D eigenvalue weighted by atomic mass is 19.1. The van der Waals surface area contributed by atoms with Crippen molar-refractivity contribution < 1.29 is 18.3 Å². The van der Waals surface area contributed by atoms with E-state index in [-0.39, 0.29) is 17.8 Å². The second kappa shape index (κ2) is 5.76. The average molecular weight is 291 g/mol. The molecular formula is C16H18FNO3. The van der Waals surface area contributed by atoms with Crippen molar-refractivity contribution in [1.29, 1.82) is 0 Å². The third-order valence-corrected chi connectivity index (χ3v) is 3.92. The standard InChI is InChI=1S/C16H18FNO3/c1-2-20-16(19)18-7-5-11(6-8-18)15-10-12-9-13(17)3-4-14(12)21-15/h3-4,9-11H,2,5-8H2,1H3. The van der Waals surface area contributed by atoms with Gasteiger partial charge in [-0.15, -0.1) is 0 Å². The van der Waals surface area contributed by atoms with Gasteiger partial charge in [-0.3, -0.25) is 0 Å². The fourth-order valence-corrected chi connectivity index (χ4v) is 2.80. The molecular weight excluding hydrogens is 273 g/mol. The van der Waals surface area contributed by atoms with Crippen molar-refractivity contribution in [2.24, 2.45) is 0 Å². The first-order chi connectivity index (χ1) is 10.2. The van der Waals surface area contributed by atoms with E-state index in [9.17, 15) is 9.18 Å². The van der Waals surface area contributed by atoms with Crippen LogP contribution in [0.25, 0.3) is 11.0 Å². The van der Waals surface area contributed by atoms with Crippen LogP contribution in [0.15, 0.2) is 28.7 Å². The van der Waals surface area contributed by atoms with Crippen molar-refractivity contribution in [1.82, 2.24) is 4.90 Å². The highest BCUT2D eigenvalue weighted by Crippen LogP contribution is 2.32. The van der Waals surface area contributed by atoms with Gasteiger partial charge in [0.25, 0.3) is 0 Å². The monoisotopic (exact) mass is 291 g/mol. The van der Waals surface area contributed by atoms with Gasteiger partial charge in [0.15, 0.2) is 0 Å². The Labute approximate surface area is 122 Å². The number of piperidine rings is 1. The number of carbonyl (C=O) groups excluding carboxylic acids is 1. The Morgan fingerprint density at radius 1 is 1.38 bits per heavy atom. The van der Waals surface area contributed by atoms with Gasteiger partial charge in [-0.1, -0.05) is 0 Å². The predicted octanol–water partition coefficient (Wildman–Crippen LogP) is 3.91. The first-order valence-electron chi connectivity index (χ1n) is 7.28. The van der Waals surface area contributed by atoms with Crippen LogP contribution >= 0.6 is 0 Å². The lowest BCUT2D eigenvalue weighted by Gasteiger charge is -2.30. The molecule has 1 aliphatic rings. The normalized spacial score (nSPS) is 16.4. The molecule has 5 heteroatoms. The Balaban J connectivity index is 1.69. The molecule has 0 radical (unpaired) electrons. The van der Waals surface area contributed by atoms with Crippen molar-refractivity contribution in [3.63, 3.8) is 0 Å². The molecule has 1 fully saturated rings. The zero-order valence-electron chi connectivity index (χ0n) is 12.0. The quantitative estimate of drug-likeness (QED) is 0.842. The van der Waals surface area contributed by atoms with Gasteiger partial charge in [-0.2, -0.15) is 0 Å². The number of ether oxygens (including phenoxy) is 1. The number of carbonyl (C=O) groups is 1. The van der Waals surface area contributed by atoms with Gasteiger partial charge in [0.05, 0.1) is 6.61 Å². The maximum absolute atomic E-state index is 13.2. The summed E-state index contributed by atoms with van der Waals surface area (Å²) >= 11 is 0. The number of likely N-dealkylation sites (tertiary alicyclic amines) is 1. The van der Waals surface area contributed by atoms with Gasteiger partial charge in [-0.25, -0.2) is 9.18 Å². The van der Waals surface area contributed by atoms with E-state index >= 15 is 0 Å². The lowest BCUT2D eigenvalue weighted by Crippen LogP contribution is -2.38. The lowest BCUT2D eigenvalue weighted by molar-refractivity contribution is 0.0959. The average Bonchev–Trinajstić information content (AvgIpc) is 2.90. The molecule has 1 aliphatic heterocycles. The maximum Gasteiger partial charge on any atom is 0.409 e. The summed E-state index contributed by atoms with van der Waals surface area (Å²) in [6, 6.07) is 6.44. The molecule has 112 valence electrons. The van der Waals surface area contributed by atoms with E-state index in [1.165, 1.54) is 12.1 Å². The molecule has 0 spiro atoms. The molecule has 0 N–H and O–H groups in total. The molecule has 0 bridgehead atoms. The minimum Gasteiger partial charge on any atom is -0.461 e. The van der Waals surface area contributed by atoms with Crippen LogP contribution in [-0.2, 0) is 4.74 Å². The van der Waals surface area contributed by atoms with Gasteiger partial charge in [-0.05, 0) is 44.0 Å². The van der Waals surface area contributed by atoms with E-state index < -0.39 is 0 Å². The number of halogens is 1. The highest BCUT2D eigenvalue weighted by molar-refractivity contribution is 5.78. The third kappa shape index (κ3) is 2.86. The smallest absolute Gasteiger partial charge is 0.409 e. The summed E-state index contributed by atoms with van der Waals surface area (Å²) in [5, 5.41) is 0.790. The summed E-state index contributed by atoms with van der Waals surface area (Å²) in [5.41, 5.74) is 0.708.